The Bertz CT molecular complexity index is 802. The molecule has 1 aromatic carbocycles. The molecule has 1 N–H and O–H groups in total. The normalized spacial score (nSPS) is 10.4. The predicted octanol–water partition coefficient (Wildman–Crippen LogP) is 4.83. The molecule has 0 aliphatic rings. The lowest BCUT2D eigenvalue weighted by atomic mass is 10.1. The van der Waals surface area contributed by atoms with Crippen molar-refractivity contribution in [2.75, 3.05) is 0 Å². The molecule has 0 saturated heterocycles. The number of azide groups is 1. The van der Waals surface area contributed by atoms with Crippen LogP contribution in [0.1, 0.15) is 0 Å². The number of benzene rings is 1. The van der Waals surface area contributed by atoms with Crippen molar-refractivity contribution in [2.45, 2.75) is 0 Å². The van der Waals surface area contributed by atoms with Gasteiger partial charge in [0.05, 0.1) is 11.0 Å². The quantitative estimate of drug-likeness (QED) is 0.308. The van der Waals surface area contributed by atoms with Crippen molar-refractivity contribution in [3.05, 3.63) is 58.1 Å². The van der Waals surface area contributed by atoms with Crippen molar-refractivity contribution in [1.82, 2.24) is 9.97 Å². The Hall–Kier alpha value is -2.49. The minimum Gasteiger partial charge on any atom is -0.353 e. The van der Waals surface area contributed by atoms with E-state index in [0.29, 0.717) is 10.8 Å². The highest BCUT2D eigenvalue weighted by Crippen LogP contribution is 2.31. The van der Waals surface area contributed by atoms with Crippen LogP contribution in [-0.4, -0.2) is 9.97 Å². The summed E-state index contributed by atoms with van der Waals surface area (Å²) >= 11 is 5.86. The van der Waals surface area contributed by atoms with Crippen molar-refractivity contribution >= 4 is 28.3 Å². The van der Waals surface area contributed by atoms with Crippen LogP contribution in [-0.2, 0) is 0 Å². The Morgan fingerprint density at radius 2 is 2.05 bits per heavy atom. The molecule has 5 nitrogen and oxygen atoms in total. The fraction of sp³-hybridized carbons (Fsp3) is 0. The molecule has 19 heavy (non-hydrogen) atoms. The fourth-order valence-electron chi connectivity index (χ4n) is 1.97. The standard InChI is InChI=1S/C13H8ClN5/c14-13-6-5-10-12(17-13)7-11(16-10)8-3-1-2-4-9(8)18-19-15/h1-7,16H. The summed E-state index contributed by atoms with van der Waals surface area (Å²) in [5.41, 5.74) is 12.5. The Kier molecular flexibility index (Phi) is 2.83. The number of nitrogens with one attached hydrogen (secondary N) is 1. The number of nitrogens with zero attached hydrogens (tertiary/aromatic N) is 4. The van der Waals surface area contributed by atoms with Crippen LogP contribution in [0.5, 0.6) is 0 Å². The number of aromatic amines is 1. The van der Waals surface area contributed by atoms with E-state index in [1.807, 2.05) is 30.3 Å². The van der Waals surface area contributed by atoms with E-state index in [-0.39, 0.29) is 0 Å². The summed E-state index contributed by atoms with van der Waals surface area (Å²) in [6.07, 6.45) is 0. The van der Waals surface area contributed by atoms with Crippen molar-refractivity contribution in [1.29, 1.82) is 0 Å². The average Bonchev–Trinajstić information content (AvgIpc) is 2.82. The van der Waals surface area contributed by atoms with Crippen molar-refractivity contribution in [3.8, 4) is 11.3 Å². The highest BCUT2D eigenvalue weighted by atomic mass is 35.5. The van der Waals surface area contributed by atoms with Gasteiger partial charge in [-0.25, -0.2) is 4.98 Å². The van der Waals surface area contributed by atoms with Gasteiger partial charge in [-0.15, -0.1) is 0 Å². The number of H-pyrrole nitrogens is 1. The first-order valence-electron chi connectivity index (χ1n) is 5.58. The van der Waals surface area contributed by atoms with Crippen molar-refractivity contribution in [2.24, 2.45) is 5.11 Å². The molecule has 0 fully saturated rings. The molecule has 0 radical (unpaired) electrons. The van der Waals surface area contributed by atoms with Gasteiger partial charge in [0.15, 0.2) is 0 Å². The van der Waals surface area contributed by atoms with Crippen LogP contribution in [0.15, 0.2) is 47.6 Å². The van der Waals surface area contributed by atoms with Crippen LogP contribution in [0.3, 0.4) is 0 Å². The van der Waals surface area contributed by atoms with Gasteiger partial charge in [-0.3, -0.25) is 0 Å². The second-order valence-corrected chi connectivity index (χ2v) is 4.34. The maximum absolute atomic E-state index is 8.59. The van der Waals surface area contributed by atoms with Crippen LogP contribution in [0.4, 0.5) is 5.69 Å². The first-order valence-corrected chi connectivity index (χ1v) is 5.95. The van der Waals surface area contributed by atoms with Gasteiger partial charge >= 0.3 is 0 Å². The third-order valence-electron chi connectivity index (χ3n) is 2.79. The molecule has 0 atom stereocenters. The minimum absolute atomic E-state index is 0.446. The number of hydrogen-bond donors (Lipinski definition) is 1. The molecular weight excluding hydrogens is 262 g/mol. The zero-order chi connectivity index (χ0) is 13.2. The monoisotopic (exact) mass is 269 g/mol. The lowest BCUT2D eigenvalue weighted by molar-refractivity contribution is 1.39. The van der Waals surface area contributed by atoms with E-state index in [1.165, 1.54) is 0 Å². The van der Waals surface area contributed by atoms with Gasteiger partial charge in [0.2, 0.25) is 0 Å². The molecule has 3 aromatic rings. The van der Waals surface area contributed by atoms with E-state index in [2.05, 4.69) is 20.0 Å². The van der Waals surface area contributed by atoms with Gasteiger partial charge in [0.25, 0.3) is 0 Å². The summed E-state index contributed by atoms with van der Waals surface area (Å²) in [6.45, 7) is 0. The molecule has 0 unspecified atom stereocenters. The van der Waals surface area contributed by atoms with Crippen molar-refractivity contribution < 1.29 is 0 Å². The van der Waals surface area contributed by atoms with Crippen LogP contribution < -0.4 is 0 Å². The van der Waals surface area contributed by atoms with E-state index < -0.39 is 0 Å². The first-order chi connectivity index (χ1) is 9.28. The second-order valence-electron chi connectivity index (χ2n) is 3.96. The zero-order valence-corrected chi connectivity index (χ0v) is 10.5. The summed E-state index contributed by atoms with van der Waals surface area (Å²) in [5.74, 6) is 0. The number of aromatic nitrogens is 2. The lowest BCUT2D eigenvalue weighted by Gasteiger charge is -2.01. The second kappa shape index (κ2) is 4.65. The van der Waals surface area contributed by atoms with Crippen molar-refractivity contribution in [3.63, 3.8) is 0 Å². The number of halogens is 1. The summed E-state index contributed by atoms with van der Waals surface area (Å²) in [4.78, 5) is 10.3. The maximum atomic E-state index is 8.59. The van der Waals surface area contributed by atoms with Gasteiger partial charge in [-0.2, -0.15) is 0 Å². The van der Waals surface area contributed by atoms with Gasteiger partial charge in [-0.05, 0) is 23.7 Å². The van der Waals surface area contributed by atoms with Gasteiger partial charge < -0.3 is 4.98 Å². The fourth-order valence-corrected chi connectivity index (χ4v) is 2.12. The number of pyridine rings is 1. The number of rotatable bonds is 2. The minimum atomic E-state index is 0.446. The topological polar surface area (TPSA) is 77.4 Å². The van der Waals surface area contributed by atoms with E-state index in [9.17, 15) is 0 Å². The largest absolute Gasteiger partial charge is 0.353 e. The highest BCUT2D eigenvalue weighted by Gasteiger charge is 2.07. The predicted molar refractivity (Wildman–Crippen MR) is 75.3 cm³/mol. The van der Waals surface area contributed by atoms with Gasteiger partial charge in [0.1, 0.15) is 5.15 Å². The van der Waals surface area contributed by atoms with Crippen LogP contribution >= 0.6 is 11.6 Å². The molecule has 0 spiro atoms. The number of fused-ring (bicyclic) bond motifs is 1. The lowest BCUT2D eigenvalue weighted by Crippen LogP contribution is -1.77. The molecule has 2 heterocycles. The van der Waals surface area contributed by atoms with E-state index in [1.54, 1.807) is 12.1 Å². The molecule has 0 aliphatic carbocycles. The molecule has 2 aromatic heterocycles. The zero-order valence-electron chi connectivity index (χ0n) is 9.71. The Labute approximate surface area is 113 Å². The Balaban J connectivity index is 2.21. The smallest absolute Gasteiger partial charge is 0.129 e. The number of hydrogen-bond acceptors (Lipinski definition) is 2. The summed E-state index contributed by atoms with van der Waals surface area (Å²) in [6, 6.07) is 12.8. The molecule has 0 saturated carbocycles. The van der Waals surface area contributed by atoms with Crippen LogP contribution in [0, 0.1) is 0 Å². The molecule has 0 aliphatic heterocycles. The summed E-state index contributed by atoms with van der Waals surface area (Å²) < 4.78 is 0. The maximum Gasteiger partial charge on any atom is 0.129 e. The third-order valence-corrected chi connectivity index (χ3v) is 3.00. The molecular formula is C13H8ClN5. The molecule has 92 valence electrons. The molecule has 6 heteroatoms. The average molecular weight is 270 g/mol. The summed E-state index contributed by atoms with van der Waals surface area (Å²) in [7, 11) is 0. The SMILES string of the molecule is [N-]=[N+]=Nc1ccccc1-c1cc2nc(Cl)ccc2[nH]1. The van der Waals surface area contributed by atoms with E-state index in [4.69, 9.17) is 17.1 Å². The van der Waals surface area contributed by atoms with Crippen LogP contribution in [0.2, 0.25) is 5.15 Å². The van der Waals surface area contributed by atoms with Gasteiger partial charge in [0, 0.05) is 21.9 Å². The van der Waals surface area contributed by atoms with Gasteiger partial charge in [-0.1, -0.05) is 41.0 Å². The van der Waals surface area contributed by atoms with Crippen LogP contribution in [0.25, 0.3) is 32.7 Å². The molecule has 0 amide bonds. The third kappa shape index (κ3) is 2.12. The Morgan fingerprint density at radius 1 is 1.21 bits per heavy atom. The van der Waals surface area contributed by atoms with E-state index in [0.717, 1.165) is 22.3 Å². The Morgan fingerprint density at radius 3 is 2.89 bits per heavy atom. The highest BCUT2D eigenvalue weighted by molar-refractivity contribution is 6.29. The first kappa shape index (κ1) is 11.6. The summed E-state index contributed by atoms with van der Waals surface area (Å²) in [5, 5.41) is 4.13. The molecule has 3 rings (SSSR count). The van der Waals surface area contributed by atoms with E-state index >= 15 is 0 Å². The molecule has 0 bridgehead atoms.